The molecule has 2 rings (SSSR count). The summed E-state index contributed by atoms with van der Waals surface area (Å²) in [5.41, 5.74) is 3.74. The molecule has 0 aliphatic rings. The third-order valence-electron chi connectivity index (χ3n) is 4.09. The van der Waals surface area contributed by atoms with Crippen molar-refractivity contribution in [2.45, 2.75) is 53.1 Å². The molecule has 0 saturated carbocycles. The molecule has 23 heavy (non-hydrogen) atoms. The van der Waals surface area contributed by atoms with Gasteiger partial charge in [0.1, 0.15) is 5.82 Å². The zero-order chi connectivity index (χ0) is 17.0. The number of amides is 1. The first-order valence-electron chi connectivity index (χ1n) is 8.19. The molecule has 4 heteroatoms. The van der Waals surface area contributed by atoms with Crippen LogP contribution in [-0.4, -0.2) is 26.4 Å². The molecule has 0 unspecified atom stereocenters. The fourth-order valence-electron chi connectivity index (χ4n) is 2.87. The molecule has 1 heterocycles. The highest BCUT2D eigenvalue weighted by Crippen LogP contribution is 2.14. The number of carbonyl (C=O) groups is 1. The van der Waals surface area contributed by atoms with Crippen LogP contribution in [0, 0.1) is 13.8 Å². The molecule has 0 spiro atoms. The first-order chi connectivity index (χ1) is 10.9. The van der Waals surface area contributed by atoms with Gasteiger partial charge in [-0.2, -0.15) is 0 Å². The van der Waals surface area contributed by atoms with Crippen molar-refractivity contribution < 1.29 is 4.79 Å². The highest BCUT2D eigenvalue weighted by atomic mass is 16.2. The van der Waals surface area contributed by atoms with Gasteiger partial charge in [0, 0.05) is 31.9 Å². The third-order valence-corrected chi connectivity index (χ3v) is 4.09. The van der Waals surface area contributed by atoms with Gasteiger partial charge in [0.2, 0.25) is 5.91 Å². The molecule has 1 aromatic carbocycles. The molecule has 0 aliphatic heterocycles. The normalized spacial score (nSPS) is 11.0. The second kappa shape index (κ2) is 7.44. The van der Waals surface area contributed by atoms with E-state index in [0.29, 0.717) is 13.0 Å². The molecule has 0 saturated heterocycles. The minimum absolute atomic E-state index is 0.165. The highest BCUT2D eigenvalue weighted by molar-refractivity contribution is 5.76. The van der Waals surface area contributed by atoms with Crippen molar-refractivity contribution >= 4 is 5.91 Å². The number of hydrogen-bond donors (Lipinski definition) is 0. The van der Waals surface area contributed by atoms with E-state index in [1.807, 2.05) is 22.7 Å². The number of imidazole rings is 1. The van der Waals surface area contributed by atoms with Gasteiger partial charge in [-0.1, -0.05) is 29.3 Å². The standard InChI is InChI=1S/C19H27N3O/c1-14(2)22(13-18-20-8-9-21(18)5)19(23)7-6-17-11-15(3)10-16(4)12-17/h8-12,14H,6-7,13H2,1-5H3. The Balaban J connectivity index is 2.02. The van der Waals surface area contributed by atoms with Crippen molar-refractivity contribution in [1.82, 2.24) is 14.5 Å². The lowest BCUT2D eigenvalue weighted by atomic mass is 10.0. The fourth-order valence-corrected chi connectivity index (χ4v) is 2.87. The predicted octanol–water partition coefficient (Wildman–Crippen LogP) is 3.41. The minimum atomic E-state index is 0.165. The van der Waals surface area contributed by atoms with Crippen LogP contribution in [0.25, 0.3) is 0 Å². The van der Waals surface area contributed by atoms with E-state index in [-0.39, 0.29) is 11.9 Å². The van der Waals surface area contributed by atoms with Crippen LogP contribution in [-0.2, 0) is 24.8 Å². The Hall–Kier alpha value is -2.10. The molecule has 1 amide bonds. The first kappa shape index (κ1) is 17.3. The van der Waals surface area contributed by atoms with Crippen molar-refractivity contribution in [3.05, 3.63) is 53.1 Å². The third kappa shape index (κ3) is 4.68. The molecule has 0 bridgehead atoms. The maximum Gasteiger partial charge on any atom is 0.223 e. The van der Waals surface area contributed by atoms with Crippen LogP contribution in [0.1, 0.15) is 42.8 Å². The number of carbonyl (C=O) groups excluding carboxylic acids is 1. The lowest BCUT2D eigenvalue weighted by molar-refractivity contribution is -0.133. The monoisotopic (exact) mass is 313 g/mol. The van der Waals surface area contributed by atoms with Crippen molar-refractivity contribution in [2.24, 2.45) is 7.05 Å². The van der Waals surface area contributed by atoms with Gasteiger partial charge in [-0.25, -0.2) is 4.98 Å². The summed E-state index contributed by atoms with van der Waals surface area (Å²) in [6.45, 7) is 8.86. The molecule has 0 radical (unpaired) electrons. The molecular formula is C19H27N3O. The van der Waals surface area contributed by atoms with Gasteiger partial charge < -0.3 is 9.47 Å². The van der Waals surface area contributed by atoms with Gasteiger partial charge in [-0.15, -0.1) is 0 Å². The average molecular weight is 313 g/mol. The van der Waals surface area contributed by atoms with E-state index < -0.39 is 0 Å². The molecule has 4 nitrogen and oxygen atoms in total. The van der Waals surface area contributed by atoms with Crippen LogP contribution >= 0.6 is 0 Å². The van der Waals surface area contributed by atoms with Gasteiger partial charge in [-0.3, -0.25) is 4.79 Å². The number of nitrogens with zero attached hydrogens (tertiary/aromatic N) is 3. The molecule has 1 aromatic heterocycles. The van der Waals surface area contributed by atoms with E-state index in [4.69, 9.17) is 0 Å². The summed E-state index contributed by atoms with van der Waals surface area (Å²) in [4.78, 5) is 18.9. The van der Waals surface area contributed by atoms with E-state index in [9.17, 15) is 4.79 Å². The van der Waals surface area contributed by atoms with Crippen LogP contribution in [0.5, 0.6) is 0 Å². The molecule has 0 fully saturated rings. The fraction of sp³-hybridized carbons (Fsp3) is 0.474. The molecule has 0 N–H and O–H groups in total. The lowest BCUT2D eigenvalue weighted by Crippen LogP contribution is -2.37. The van der Waals surface area contributed by atoms with Gasteiger partial charge in [-0.05, 0) is 39.7 Å². The molecular weight excluding hydrogens is 286 g/mol. The van der Waals surface area contributed by atoms with E-state index in [0.717, 1.165) is 12.2 Å². The predicted molar refractivity (Wildman–Crippen MR) is 93.1 cm³/mol. The van der Waals surface area contributed by atoms with Crippen LogP contribution in [0.2, 0.25) is 0 Å². The molecule has 0 atom stereocenters. The topological polar surface area (TPSA) is 38.1 Å². The maximum absolute atomic E-state index is 12.7. The largest absolute Gasteiger partial charge is 0.337 e. The van der Waals surface area contributed by atoms with Crippen molar-refractivity contribution in [3.8, 4) is 0 Å². The lowest BCUT2D eigenvalue weighted by Gasteiger charge is -2.26. The first-order valence-corrected chi connectivity index (χ1v) is 8.19. The quantitative estimate of drug-likeness (QED) is 0.819. The van der Waals surface area contributed by atoms with Crippen LogP contribution in [0.15, 0.2) is 30.6 Å². The van der Waals surface area contributed by atoms with Crippen molar-refractivity contribution in [3.63, 3.8) is 0 Å². The SMILES string of the molecule is Cc1cc(C)cc(CCC(=O)N(Cc2nccn2C)C(C)C)c1. The summed E-state index contributed by atoms with van der Waals surface area (Å²) in [6.07, 6.45) is 5.00. The van der Waals surface area contributed by atoms with E-state index in [2.05, 4.69) is 50.9 Å². The Morgan fingerprint density at radius 3 is 2.39 bits per heavy atom. The Kier molecular flexibility index (Phi) is 5.59. The number of rotatable bonds is 6. The highest BCUT2D eigenvalue weighted by Gasteiger charge is 2.18. The summed E-state index contributed by atoms with van der Waals surface area (Å²) >= 11 is 0. The summed E-state index contributed by atoms with van der Waals surface area (Å²) in [7, 11) is 1.96. The summed E-state index contributed by atoms with van der Waals surface area (Å²) < 4.78 is 1.96. The summed E-state index contributed by atoms with van der Waals surface area (Å²) in [5.74, 6) is 1.10. The second-order valence-corrected chi connectivity index (χ2v) is 6.57. The minimum Gasteiger partial charge on any atom is -0.337 e. The van der Waals surface area contributed by atoms with E-state index >= 15 is 0 Å². The van der Waals surface area contributed by atoms with Gasteiger partial charge in [0.15, 0.2) is 0 Å². The smallest absolute Gasteiger partial charge is 0.223 e. The number of hydrogen-bond acceptors (Lipinski definition) is 2. The number of aryl methyl sites for hydroxylation is 4. The van der Waals surface area contributed by atoms with Gasteiger partial charge in [0.05, 0.1) is 6.54 Å². The van der Waals surface area contributed by atoms with Crippen molar-refractivity contribution in [1.29, 1.82) is 0 Å². The Morgan fingerprint density at radius 1 is 1.22 bits per heavy atom. The Morgan fingerprint density at radius 2 is 1.87 bits per heavy atom. The van der Waals surface area contributed by atoms with Gasteiger partial charge in [0.25, 0.3) is 0 Å². The zero-order valence-electron chi connectivity index (χ0n) is 14.8. The second-order valence-electron chi connectivity index (χ2n) is 6.57. The van der Waals surface area contributed by atoms with Crippen molar-refractivity contribution in [2.75, 3.05) is 0 Å². The molecule has 124 valence electrons. The molecule has 0 aliphatic carbocycles. The zero-order valence-corrected chi connectivity index (χ0v) is 14.8. The van der Waals surface area contributed by atoms with E-state index in [1.54, 1.807) is 6.20 Å². The van der Waals surface area contributed by atoms with Crippen LogP contribution in [0.3, 0.4) is 0 Å². The number of aromatic nitrogens is 2. The van der Waals surface area contributed by atoms with E-state index in [1.165, 1.54) is 16.7 Å². The number of benzene rings is 1. The average Bonchev–Trinajstić information content (AvgIpc) is 2.86. The Labute approximate surface area is 139 Å². The van der Waals surface area contributed by atoms with Crippen LogP contribution in [0.4, 0.5) is 0 Å². The molecule has 2 aromatic rings. The van der Waals surface area contributed by atoms with Gasteiger partial charge >= 0.3 is 0 Å². The maximum atomic E-state index is 12.7. The summed E-state index contributed by atoms with van der Waals surface area (Å²) in [5, 5.41) is 0. The Bertz CT molecular complexity index is 653. The van der Waals surface area contributed by atoms with Crippen LogP contribution < -0.4 is 0 Å². The summed E-state index contributed by atoms with van der Waals surface area (Å²) in [6, 6.07) is 6.66.